The first-order chi connectivity index (χ1) is 6.03. The largest absolute Gasteiger partial charge is 0.197 e. The van der Waals surface area contributed by atoms with Crippen molar-refractivity contribution in [3.8, 4) is 6.07 Å². The average Bonchev–Trinajstić information content (AvgIpc) is 2.03. The lowest BCUT2D eigenvalue weighted by atomic mass is 10.2. The molecule has 1 nitrogen and oxygen atoms in total. The first kappa shape index (κ1) is 10.1. The summed E-state index contributed by atoms with van der Waals surface area (Å²) >= 11 is 1.60. The molecule has 13 heavy (non-hydrogen) atoms. The van der Waals surface area contributed by atoms with Crippen LogP contribution in [0.4, 0.5) is 0 Å². The van der Waals surface area contributed by atoms with Gasteiger partial charge in [0.2, 0.25) is 0 Å². The topological polar surface area (TPSA) is 23.8 Å². The monoisotopic (exact) mass is 191 g/mol. The SMILES string of the molecule is Cc1cccc(SC(C)(C)C#N)c1. The van der Waals surface area contributed by atoms with Crippen molar-refractivity contribution >= 4 is 11.8 Å². The van der Waals surface area contributed by atoms with Gasteiger partial charge in [0.05, 0.1) is 6.07 Å². The molecule has 0 N–H and O–H groups in total. The number of nitrogens with zero attached hydrogens (tertiary/aromatic N) is 1. The van der Waals surface area contributed by atoms with Crippen molar-refractivity contribution in [2.24, 2.45) is 0 Å². The lowest BCUT2D eigenvalue weighted by Gasteiger charge is -2.14. The number of hydrogen-bond acceptors (Lipinski definition) is 2. The smallest absolute Gasteiger partial charge is 0.101 e. The van der Waals surface area contributed by atoms with Crippen molar-refractivity contribution < 1.29 is 0 Å². The molecule has 0 radical (unpaired) electrons. The minimum atomic E-state index is -0.339. The Morgan fingerprint density at radius 1 is 1.38 bits per heavy atom. The van der Waals surface area contributed by atoms with E-state index < -0.39 is 0 Å². The molecule has 0 saturated carbocycles. The Morgan fingerprint density at radius 2 is 2.08 bits per heavy atom. The third kappa shape index (κ3) is 3.12. The van der Waals surface area contributed by atoms with Crippen LogP contribution in [0.25, 0.3) is 0 Å². The van der Waals surface area contributed by atoms with Gasteiger partial charge in [-0.3, -0.25) is 0 Å². The van der Waals surface area contributed by atoms with E-state index in [1.807, 2.05) is 26.0 Å². The fourth-order valence-electron chi connectivity index (χ4n) is 0.996. The number of aryl methyl sites for hydroxylation is 1. The first-order valence-electron chi connectivity index (χ1n) is 4.20. The molecule has 0 heterocycles. The van der Waals surface area contributed by atoms with Gasteiger partial charge in [0.1, 0.15) is 4.75 Å². The molecule has 0 atom stereocenters. The number of benzene rings is 1. The van der Waals surface area contributed by atoms with Crippen LogP contribution in [0, 0.1) is 18.3 Å². The summed E-state index contributed by atoms with van der Waals surface area (Å²) in [5.74, 6) is 0. The number of hydrogen-bond donors (Lipinski definition) is 0. The zero-order valence-electron chi connectivity index (χ0n) is 8.16. The van der Waals surface area contributed by atoms with Crippen LogP contribution in [0.3, 0.4) is 0 Å². The molecule has 68 valence electrons. The predicted octanol–water partition coefficient (Wildman–Crippen LogP) is 3.39. The van der Waals surface area contributed by atoms with E-state index in [2.05, 4.69) is 25.1 Å². The Labute approximate surface area is 83.8 Å². The van der Waals surface area contributed by atoms with E-state index in [1.165, 1.54) is 5.56 Å². The van der Waals surface area contributed by atoms with Crippen LogP contribution in [0.2, 0.25) is 0 Å². The highest BCUT2D eigenvalue weighted by Crippen LogP contribution is 2.31. The number of nitriles is 1. The Kier molecular flexibility index (Phi) is 3.00. The molecular formula is C11H13NS. The molecule has 1 aromatic carbocycles. The molecule has 0 aromatic heterocycles. The van der Waals surface area contributed by atoms with Crippen molar-refractivity contribution in [1.29, 1.82) is 5.26 Å². The fraction of sp³-hybridized carbons (Fsp3) is 0.364. The van der Waals surface area contributed by atoms with Crippen molar-refractivity contribution in [3.05, 3.63) is 29.8 Å². The summed E-state index contributed by atoms with van der Waals surface area (Å²) in [7, 11) is 0. The Morgan fingerprint density at radius 3 is 2.62 bits per heavy atom. The first-order valence-corrected chi connectivity index (χ1v) is 5.02. The zero-order valence-corrected chi connectivity index (χ0v) is 8.98. The summed E-state index contributed by atoms with van der Waals surface area (Å²) in [6, 6.07) is 10.5. The minimum absolute atomic E-state index is 0.339. The summed E-state index contributed by atoms with van der Waals surface area (Å²) in [4.78, 5) is 1.16. The van der Waals surface area contributed by atoms with Gasteiger partial charge in [-0.2, -0.15) is 5.26 Å². The van der Waals surface area contributed by atoms with Gasteiger partial charge in [-0.1, -0.05) is 17.7 Å². The van der Waals surface area contributed by atoms with Crippen LogP contribution >= 0.6 is 11.8 Å². The van der Waals surface area contributed by atoms with Gasteiger partial charge < -0.3 is 0 Å². The molecule has 0 aliphatic rings. The molecule has 0 fully saturated rings. The molecular weight excluding hydrogens is 178 g/mol. The van der Waals surface area contributed by atoms with Crippen molar-refractivity contribution in [2.75, 3.05) is 0 Å². The Hall–Kier alpha value is -0.940. The van der Waals surface area contributed by atoms with E-state index in [-0.39, 0.29) is 4.75 Å². The van der Waals surface area contributed by atoms with E-state index >= 15 is 0 Å². The van der Waals surface area contributed by atoms with Crippen LogP contribution in [-0.4, -0.2) is 4.75 Å². The van der Waals surface area contributed by atoms with Crippen LogP contribution in [0.15, 0.2) is 29.2 Å². The van der Waals surface area contributed by atoms with Crippen LogP contribution in [0.5, 0.6) is 0 Å². The van der Waals surface area contributed by atoms with Gasteiger partial charge in [0.25, 0.3) is 0 Å². The van der Waals surface area contributed by atoms with Crippen molar-refractivity contribution in [2.45, 2.75) is 30.4 Å². The quantitative estimate of drug-likeness (QED) is 0.669. The van der Waals surface area contributed by atoms with Gasteiger partial charge in [0, 0.05) is 4.90 Å². The highest BCUT2D eigenvalue weighted by Gasteiger charge is 2.17. The van der Waals surface area contributed by atoms with Gasteiger partial charge in [0.15, 0.2) is 0 Å². The van der Waals surface area contributed by atoms with Gasteiger partial charge in [-0.05, 0) is 32.9 Å². The molecule has 0 amide bonds. The summed E-state index contributed by atoms with van der Waals surface area (Å²) < 4.78 is -0.339. The molecule has 0 bridgehead atoms. The zero-order chi connectivity index (χ0) is 9.90. The standard InChI is InChI=1S/C11H13NS/c1-9-5-4-6-10(7-9)13-11(2,3)8-12/h4-7H,1-3H3. The maximum absolute atomic E-state index is 8.85. The Balaban J connectivity index is 2.82. The molecule has 2 heteroatoms. The second-order valence-electron chi connectivity index (χ2n) is 3.54. The second-order valence-corrected chi connectivity index (χ2v) is 5.24. The molecule has 0 aliphatic heterocycles. The van der Waals surface area contributed by atoms with Crippen LogP contribution in [0.1, 0.15) is 19.4 Å². The summed E-state index contributed by atoms with van der Waals surface area (Å²) in [6.07, 6.45) is 0. The average molecular weight is 191 g/mol. The van der Waals surface area contributed by atoms with E-state index in [4.69, 9.17) is 5.26 Å². The lowest BCUT2D eigenvalue weighted by Crippen LogP contribution is -2.09. The highest BCUT2D eigenvalue weighted by molar-refractivity contribution is 8.00. The molecule has 1 rings (SSSR count). The maximum Gasteiger partial charge on any atom is 0.101 e. The molecule has 1 aromatic rings. The summed E-state index contributed by atoms with van der Waals surface area (Å²) in [5, 5.41) is 8.85. The normalized spacial score (nSPS) is 10.9. The van der Waals surface area contributed by atoms with Crippen LogP contribution in [-0.2, 0) is 0 Å². The fourth-order valence-corrected chi connectivity index (χ4v) is 2.02. The van der Waals surface area contributed by atoms with Gasteiger partial charge in [-0.25, -0.2) is 0 Å². The lowest BCUT2D eigenvalue weighted by molar-refractivity contribution is 0.913. The number of rotatable bonds is 2. The summed E-state index contributed by atoms with van der Waals surface area (Å²) in [6.45, 7) is 5.92. The van der Waals surface area contributed by atoms with E-state index in [1.54, 1.807) is 11.8 Å². The highest BCUT2D eigenvalue weighted by atomic mass is 32.2. The maximum atomic E-state index is 8.85. The predicted molar refractivity (Wildman–Crippen MR) is 56.7 cm³/mol. The van der Waals surface area contributed by atoms with Gasteiger partial charge >= 0.3 is 0 Å². The second kappa shape index (κ2) is 3.85. The molecule has 0 spiro atoms. The van der Waals surface area contributed by atoms with Crippen LogP contribution < -0.4 is 0 Å². The van der Waals surface area contributed by atoms with E-state index in [9.17, 15) is 0 Å². The van der Waals surface area contributed by atoms with E-state index in [0.717, 1.165) is 4.90 Å². The summed E-state index contributed by atoms with van der Waals surface area (Å²) in [5.41, 5.74) is 1.23. The molecule has 0 saturated heterocycles. The molecule has 0 unspecified atom stereocenters. The molecule has 0 aliphatic carbocycles. The van der Waals surface area contributed by atoms with E-state index in [0.29, 0.717) is 0 Å². The van der Waals surface area contributed by atoms with Gasteiger partial charge in [-0.15, -0.1) is 11.8 Å². The van der Waals surface area contributed by atoms with Crippen molar-refractivity contribution in [1.82, 2.24) is 0 Å². The minimum Gasteiger partial charge on any atom is -0.197 e. The third-order valence-electron chi connectivity index (χ3n) is 1.63. The Bertz CT molecular complexity index is 336. The van der Waals surface area contributed by atoms with Crippen molar-refractivity contribution in [3.63, 3.8) is 0 Å². The third-order valence-corrected chi connectivity index (χ3v) is 2.72. The number of thioether (sulfide) groups is 1.